The van der Waals surface area contributed by atoms with E-state index in [0.717, 1.165) is 0 Å². The third-order valence-electron chi connectivity index (χ3n) is 1.72. The van der Waals surface area contributed by atoms with Crippen LogP contribution in [0.3, 0.4) is 0 Å². The number of rotatable bonds is 5. The van der Waals surface area contributed by atoms with Gasteiger partial charge in [0.2, 0.25) is 0 Å². The van der Waals surface area contributed by atoms with Crippen molar-refractivity contribution in [3.05, 3.63) is 0 Å². The first-order valence-corrected chi connectivity index (χ1v) is 5.55. The molecule has 0 unspecified atom stereocenters. The van der Waals surface area contributed by atoms with Gasteiger partial charge in [-0.15, -0.1) is 0 Å². The molecule has 0 rings (SSSR count). The second-order valence-electron chi connectivity index (χ2n) is 3.53. The maximum atomic E-state index is 11.2. The van der Waals surface area contributed by atoms with Gasteiger partial charge in [0.1, 0.15) is 0 Å². The van der Waals surface area contributed by atoms with E-state index in [2.05, 4.69) is 28.2 Å². The first-order chi connectivity index (χ1) is 8.34. The monoisotopic (exact) mass is 275 g/mol. The highest BCUT2D eigenvalue weighted by Gasteiger charge is 2.12. The fraction of sp³-hybridized carbons (Fsp3) is 0.556. The number of hydrogen-bond donors (Lipinski definition) is 4. The van der Waals surface area contributed by atoms with E-state index in [1.165, 1.54) is 4.90 Å². The number of amides is 4. The van der Waals surface area contributed by atoms with Gasteiger partial charge in [0.25, 0.3) is 0 Å². The number of hydrogen-bond acceptors (Lipinski definition) is 4. The molecule has 5 N–H and O–H groups in total. The predicted octanol–water partition coefficient (Wildman–Crippen LogP) is -2.22. The highest BCUT2D eigenvalue weighted by molar-refractivity contribution is 7.80. The van der Waals surface area contributed by atoms with Gasteiger partial charge in [-0.25, -0.2) is 4.79 Å². The van der Waals surface area contributed by atoms with Crippen LogP contribution in [0.2, 0.25) is 0 Å². The summed E-state index contributed by atoms with van der Waals surface area (Å²) in [4.78, 5) is 34.9. The van der Waals surface area contributed by atoms with Crippen molar-refractivity contribution in [3.63, 3.8) is 0 Å². The molecule has 0 radical (unpaired) electrons. The smallest absolute Gasteiger partial charge is 0.316 e. The average molecular weight is 275 g/mol. The van der Waals surface area contributed by atoms with Gasteiger partial charge >= 0.3 is 17.8 Å². The Hall–Kier alpha value is -1.90. The molecule has 0 aliphatic carbocycles. The Morgan fingerprint density at radius 2 is 1.56 bits per heavy atom. The second kappa shape index (κ2) is 8.23. The third kappa shape index (κ3) is 7.39. The molecule has 9 heteroatoms. The van der Waals surface area contributed by atoms with Crippen LogP contribution in [0, 0.1) is 0 Å². The highest BCUT2D eigenvalue weighted by Crippen LogP contribution is 1.75. The summed E-state index contributed by atoms with van der Waals surface area (Å²) in [5.41, 5.74) is 5.16. The van der Waals surface area contributed by atoms with Crippen LogP contribution in [0.1, 0.15) is 0 Å². The van der Waals surface area contributed by atoms with E-state index >= 15 is 0 Å². The van der Waals surface area contributed by atoms with Crippen molar-refractivity contribution in [2.24, 2.45) is 5.73 Å². The van der Waals surface area contributed by atoms with Gasteiger partial charge in [-0.1, -0.05) is 12.2 Å². The van der Waals surface area contributed by atoms with Gasteiger partial charge in [-0.2, -0.15) is 0 Å². The minimum absolute atomic E-state index is 0.0288. The van der Waals surface area contributed by atoms with Crippen molar-refractivity contribution in [1.29, 1.82) is 0 Å². The molecule has 0 aromatic carbocycles. The van der Waals surface area contributed by atoms with E-state index in [-0.39, 0.29) is 30.7 Å². The fourth-order valence-electron chi connectivity index (χ4n) is 0.832. The Balaban J connectivity index is 3.73. The molecule has 102 valence electrons. The Bertz CT molecular complexity index is 345. The average Bonchev–Trinajstić information content (AvgIpc) is 2.30. The number of nitrogens with two attached hydrogens (primary N) is 1. The van der Waals surface area contributed by atoms with Gasteiger partial charge in [0.05, 0.1) is 11.5 Å². The minimum Gasteiger partial charge on any atom is -0.392 e. The van der Waals surface area contributed by atoms with E-state index in [0.29, 0.717) is 0 Å². The Morgan fingerprint density at radius 1 is 1.06 bits per heavy atom. The zero-order valence-electron chi connectivity index (χ0n) is 10.3. The van der Waals surface area contributed by atoms with Gasteiger partial charge in [0, 0.05) is 27.2 Å². The van der Waals surface area contributed by atoms with Crippen molar-refractivity contribution in [3.8, 4) is 0 Å². The quantitative estimate of drug-likeness (QED) is 0.257. The molecule has 0 heterocycles. The van der Waals surface area contributed by atoms with E-state index in [9.17, 15) is 14.4 Å². The van der Waals surface area contributed by atoms with Gasteiger partial charge in [0.15, 0.2) is 0 Å². The summed E-state index contributed by atoms with van der Waals surface area (Å²) in [6.45, 7) is 0.350. The number of nitrogens with one attached hydrogen (secondary N) is 3. The lowest BCUT2D eigenvalue weighted by Crippen LogP contribution is -2.45. The summed E-state index contributed by atoms with van der Waals surface area (Å²) in [5, 5.41) is 7.10. The van der Waals surface area contributed by atoms with Crippen LogP contribution < -0.4 is 21.7 Å². The lowest BCUT2D eigenvalue weighted by atomic mass is 10.5. The zero-order chi connectivity index (χ0) is 14.1. The van der Waals surface area contributed by atoms with Crippen LogP contribution >= 0.6 is 12.2 Å². The lowest BCUT2D eigenvalue weighted by molar-refractivity contribution is -0.138. The molecule has 0 atom stereocenters. The van der Waals surface area contributed by atoms with Gasteiger partial charge < -0.3 is 26.6 Å². The van der Waals surface area contributed by atoms with Crippen LogP contribution in [0.15, 0.2) is 0 Å². The van der Waals surface area contributed by atoms with E-state index in [1.54, 1.807) is 14.1 Å². The largest absolute Gasteiger partial charge is 0.392 e. The normalized spacial score (nSPS) is 9.22. The van der Waals surface area contributed by atoms with Crippen molar-refractivity contribution < 1.29 is 14.4 Å². The molecule has 18 heavy (non-hydrogen) atoms. The molecule has 0 bridgehead atoms. The standard InChI is InChI=1S/C9H17N5O3S/c1-14(2)9(17)12-4-3-11-7(15)8(16)13-5-6(10)18/h3-5H2,1-2H3,(H2,10,18)(H,11,15)(H,12,17)(H,13,16). The Kier molecular flexibility index (Phi) is 7.36. The van der Waals surface area contributed by atoms with Crippen molar-refractivity contribution in [2.45, 2.75) is 0 Å². The van der Waals surface area contributed by atoms with Crippen LogP contribution in [0.5, 0.6) is 0 Å². The van der Waals surface area contributed by atoms with Crippen molar-refractivity contribution in [1.82, 2.24) is 20.9 Å². The third-order valence-corrected chi connectivity index (χ3v) is 1.87. The van der Waals surface area contributed by atoms with Crippen molar-refractivity contribution in [2.75, 3.05) is 33.7 Å². The lowest BCUT2D eigenvalue weighted by Gasteiger charge is -2.12. The number of carbonyl (C=O) groups excluding carboxylic acids is 3. The summed E-state index contributed by atoms with van der Waals surface area (Å²) in [7, 11) is 3.19. The molecule has 0 aliphatic rings. The summed E-state index contributed by atoms with van der Waals surface area (Å²) < 4.78 is 0. The van der Waals surface area contributed by atoms with E-state index in [1.807, 2.05) is 0 Å². The maximum absolute atomic E-state index is 11.2. The molecular formula is C9H17N5O3S. The Labute approximate surface area is 110 Å². The zero-order valence-corrected chi connectivity index (χ0v) is 11.1. The topological polar surface area (TPSA) is 117 Å². The van der Waals surface area contributed by atoms with Gasteiger partial charge in [-0.05, 0) is 0 Å². The molecule has 0 aliphatic heterocycles. The molecular weight excluding hydrogens is 258 g/mol. The SMILES string of the molecule is CN(C)C(=O)NCCNC(=O)C(=O)NCC(N)=S. The molecule has 0 saturated heterocycles. The Morgan fingerprint density at radius 3 is 2.06 bits per heavy atom. The minimum atomic E-state index is -0.818. The number of carbonyl (C=O) groups is 3. The molecule has 0 saturated carbocycles. The second-order valence-corrected chi connectivity index (χ2v) is 4.06. The molecule has 0 spiro atoms. The molecule has 4 amide bonds. The van der Waals surface area contributed by atoms with Crippen LogP contribution in [-0.4, -0.2) is 61.5 Å². The molecule has 0 aromatic rings. The number of thiocarbonyl (C=S) groups is 1. The van der Waals surface area contributed by atoms with Crippen LogP contribution in [0.25, 0.3) is 0 Å². The maximum Gasteiger partial charge on any atom is 0.316 e. The first-order valence-electron chi connectivity index (χ1n) is 5.14. The van der Waals surface area contributed by atoms with Crippen molar-refractivity contribution >= 4 is 35.1 Å². The molecule has 0 fully saturated rings. The first kappa shape index (κ1) is 16.1. The number of nitrogens with zero attached hydrogens (tertiary/aromatic N) is 1. The summed E-state index contributed by atoms with van der Waals surface area (Å²) in [5.74, 6) is -1.62. The summed E-state index contributed by atoms with van der Waals surface area (Å²) in [6, 6.07) is -0.276. The highest BCUT2D eigenvalue weighted by atomic mass is 32.1. The van der Waals surface area contributed by atoms with Crippen LogP contribution in [-0.2, 0) is 9.59 Å². The fourth-order valence-corrected chi connectivity index (χ4v) is 0.904. The van der Waals surface area contributed by atoms with E-state index in [4.69, 9.17) is 5.73 Å². The summed E-state index contributed by atoms with van der Waals surface area (Å²) >= 11 is 4.54. The predicted molar refractivity (Wildman–Crippen MR) is 69.9 cm³/mol. The molecule has 0 aromatic heterocycles. The summed E-state index contributed by atoms with van der Waals surface area (Å²) in [6.07, 6.45) is 0. The van der Waals surface area contributed by atoms with Gasteiger partial charge in [-0.3, -0.25) is 9.59 Å². The molecule has 8 nitrogen and oxygen atoms in total. The van der Waals surface area contributed by atoms with E-state index < -0.39 is 11.8 Å². The van der Waals surface area contributed by atoms with Crippen LogP contribution in [0.4, 0.5) is 4.79 Å². The number of urea groups is 1.